The van der Waals surface area contributed by atoms with Crippen LogP contribution in [0.1, 0.15) is 46.7 Å². The Balaban J connectivity index is 1.54. The maximum absolute atomic E-state index is 13.5. The highest BCUT2D eigenvalue weighted by Gasteiger charge is 2.34. The fourth-order valence-electron chi connectivity index (χ4n) is 5.33. The van der Waals surface area contributed by atoms with Gasteiger partial charge >= 0.3 is 5.97 Å². The number of morpholine rings is 1. The highest BCUT2D eigenvalue weighted by molar-refractivity contribution is 7.89. The average molecular weight is 564 g/mol. The topological polar surface area (TPSA) is 98.2 Å². The molecule has 0 saturated carbocycles. The number of ether oxygens (including phenoxy) is 2. The van der Waals surface area contributed by atoms with Crippen molar-refractivity contribution in [2.45, 2.75) is 32.6 Å². The zero-order valence-electron chi connectivity index (χ0n) is 23.1. The van der Waals surface area contributed by atoms with Crippen molar-refractivity contribution in [1.82, 2.24) is 8.87 Å². The molecule has 0 spiro atoms. The van der Waals surface area contributed by atoms with Gasteiger partial charge in [-0.3, -0.25) is 4.79 Å². The Morgan fingerprint density at radius 2 is 1.73 bits per heavy atom. The summed E-state index contributed by atoms with van der Waals surface area (Å²) >= 11 is 0. The number of hydrogen-bond donors (Lipinski definition) is 0. The minimum Gasteiger partial charge on any atom is -0.462 e. The molecule has 2 aliphatic rings. The fourth-order valence-corrected chi connectivity index (χ4v) is 6.77. The molecule has 40 heavy (non-hydrogen) atoms. The van der Waals surface area contributed by atoms with Crippen molar-refractivity contribution in [3.05, 3.63) is 76.6 Å². The van der Waals surface area contributed by atoms with Gasteiger partial charge in [0.15, 0.2) is 0 Å². The Bertz CT molecular complexity index is 1600. The molecule has 1 aromatic heterocycles. The quantitative estimate of drug-likeness (QED) is 0.316. The van der Waals surface area contributed by atoms with E-state index in [1.807, 2.05) is 45.0 Å². The summed E-state index contributed by atoms with van der Waals surface area (Å²) in [7, 11) is -3.72. The van der Waals surface area contributed by atoms with Gasteiger partial charge in [-0.25, -0.2) is 13.2 Å². The Morgan fingerprint density at radius 1 is 1.02 bits per heavy atom. The summed E-state index contributed by atoms with van der Waals surface area (Å²) in [5.41, 5.74) is 5.82. The van der Waals surface area contributed by atoms with E-state index < -0.39 is 10.0 Å². The highest BCUT2D eigenvalue weighted by atomic mass is 32.2. The first-order valence-corrected chi connectivity index (χ1v) is 14.8. The van der Waals surface area contributed by atoms with Gasteiger partial charge in [0.2, 0.25) is 10.0 Å². The summed E-state index contributed by atoms with van der Waals surface area (Å²) in [6.45, 7) is 9.71. The number of likely N-dealkylation sites (N-methyl/N-ethyl adjacent to an activating group) is 1. The Labute approximate surface area is 234 Å². The minimum atomic E-state index is -3.72. The van der Waals surface area contributed by atoms with Crippen LogP contribution in [0.2, 0.25) is 0 Å². The highest BCUT2D eigenvalue weighted by Crippen LogP contribution is 2.40. The molecule has 1 saturated heterocycles. The molecule has 10 heteroatoms. The number of hydrogen-bond acceptors (Lipinski definition) is 6. The van der Waals surface area contributed by atoms with Crippen molar-refractivity contribution in [1.29, 1.82) is 0 Å². The summed E-state index contributed by atoms with van der Waals surface area (Å²) in [6, 6.07) is 14.1. The van der Waals surface area contributed by atoms with E-state index >= 15 is 0 Å². The van der Waals surface area contributed by atoms with Crippen LogP contribution >= 0.6 is 0 Å². The standard InChI is InChI=1S/C30H33N3O6S/c1-5-32-28-12-11-25(40(36,37)31-13-15-38-16-14-31)19-26(28)27(29(32)34)18-23-17-20(3)33(21(23)4)24-9-7-22(8-10-24)30(35)39-6-2/h7-12,17-19H,5-6,13-16H2,1-4H3. The second-order valence-electron chi connectivity index (χ2n) is 9.73. The smallest absolute Gasteiger partial charge is 0.338 e. The predicted octanol–water partition coefficient (Wildman–Crippen LogP) is 4.20. The van der Waals surface area contributed by atoms with E-state index in [1.54, 1.807) is 42.2 Å². The Kier molecular flexibility index (Phi) is 7.67. The van der Waals surface area contributed by atoms with Crippen molar-refractivity contribution in [2.75, 3.05) is 44.4 Å². The van der Waals surface area contributed by atoms with Gasteiger partial charge in [-0.05, 0) is 87.9 Å². The van der Waals surface area contributed by atoms with Gasteiger partial charge < -0.3 is 18.9 Å². The van der Waals surface area contributed by atoms with Crippen LogP contribution in [0.4, 0.5) is 5.69 Å². The van der Waals surface area contributed by atoms with Crippen LogP contribution in [0.3, 0.4) is 0 Å². The third-order valence-electron chi connectivity index (χ3n) is 7.36. The number of aryl methyl sites for hydroxylation is 1. The maximum Gasteiger partial charge on any atom is 0.338 e. The number of rotatable bonds is 7. The zero-order chi connectivity index (χ0) is 28.6. The maximum atomic E-state index is 13.5. The van der Waals surface area contributed by atoms with E-state index in [9.17, 15) is 18.0 Å². The lowest BCUT2D eigenvalue weighted by molar-refractivity contribution is -0.112. The molecule has 0 aliphatic carbocycles. The normalized spacial score (nSPS) is 16.9. The Hall–Kier alpha value is -3.73. The van der Waals surface area contributed by atoms with E-state index in [0.29, 0.717) is 61.8 Å². The Morgan fingerprint density at radius 3 is 2.38 bits per heavy atom. The molecule has 0 bridgehead atoms. The molecule has 1 fully saturated rings. The lowest BCUT2D eigenvalue weighted by Gasteiger charge is -2.26. The number of nitrogens with zero attached hydrogens (tertiary/aromatic N) is 3. The molecule has 210 valence electrons. The molecule has 3 aromatic rings. The van der Waals surface area contributed by atoms with Crippen molar-refractivity contribution in [3.8, 4) is 5.69 Å². The fraction of sp³-hybridized carbons (Fsp3) is 0.333. The summed E-state index contributed by atoms with van der Waals surface area (Å²) in [5, 5.41) is 0. The van der Waals surface area contributed by atoms with Gasteiger partial charge in [0.1, 0.15) is 0 Å². The number of sulfonamides is 1. The van der Waals surface area contributed by atoms with Gasteiger partial charge in [0.25, 0.3) is 5.91 Å². The monoisotopic (exact) mass is 563 g/mol. The van der Waals surface area contributed by atoms with Gasteiger partial charge in [0.05, 0.1) is 36.0 Å². The number of aromatic nitrogens is 1. The number of fused-ring (bicyclic) bond motifs is 1. The molecule has 2 aliphatic heterocycles. The SMILES string of the molecule is CCOC(=O)c1ccc(-n2c(C)cc(C=C3C(=O)N(CC)c4ccc(S(=O)(=O)N5CCOCC5)cc43)c2C)cc1. The van der Waals surface area contributed by atoms with E-state index in [0.717, 1.165) is 22.6 Å². The van der Waals surface area contributed by atoms with Crippen LogP contribution in [0.15, 0.2) is 53.4 Å². The predicted molar refractivity (Wildman–Crippen MR) is 153 cm³/mol. The summed E-state index contributed by atoms with van der Waals surface area (Å²) in [4.78, 5) is 27.4. The number of carbonyl (C=O) groups is 2. The first-order chi connectivity index (χ1) is 19.2. The number of carbonyl (C=O) groups excluding carboxylic acids is 2. The van der Waals surface area contributed by atoms with Gasteiger partial charge in [-0.2, -0.15) is 4.31 Å². The number of benzene rings is 2. The van der Waals surface area contributed by atoms with Crippen molar-refractivity contribution in [2.24, 2.45) is 0 Å². The first kappa shape index (κ1) is 27.8. The lowest BCUT2D eigenvalue weighted by Crippen LogP contribution is -2.40. The molecule has 0 radical (unpaired) electrons. The summed E-state index contributed by atoms with van der Waals surface area (Å²) < 4.78 is 40.6. The third kappa shape index (κ3) is 4.87. The van der Waals surface area contributed by atoms with Crippen LogP contribution < -0.4 is 4.90 Å². The average Bonchev–Trinajstić information content (AvgIpc) is 3.39. The molecule has 1 amide bonds. The zero-order valence-corrected chi connectivity index (χ0v) is 24.0. The van der Waals surface area contributed by atoms with Crippen LogP contribution in [0.25, 0.3) is 17.3 Å². The van der Waals surface area contributed by atoms with Crippen LogP contribution in [-0.4, -0.2) is 68.6 Å². The second-order valence-corrected chi connectivity index (χ2v) is 11.7. The number of esters is 1. The van der Waals surface area contributed by atoms with Crippen molar-refractivity contribution >= 4 is 39.2 Å². The lowest BCUT2D eigenvalue weighted by atomic mass is 10.0. The molecule has 2 aromatic carbocycles. The molecule has 0 unspecified atom stereocenters. The first-order valence-electron chi connectivity index (χ1n) is 13.4. The number of anilines is 1. The van der Waals surface area contributed by atoms with E-state index in [1.165, 1.54) is 4.31 Å². The van der Waals surface area contributed by atoms with E-state index in [-0.39, 0.29) is 16.8 Å². The molecule has 0 atom stereocenters. The summed E-state index contributed by atoms with van der Waals surface area (Å²) in [5.74, 6) is -0.531. The minimum absolute atomic E-state index is 0.164. The van der Waals surface area contributed by atoms with Gasteiger partial charge in [-0.1, -0.05) is 0 Å². The third-order valence-corrected chi connectivity index (χ3v) is 9.25. The molecule has 3 heterocycles. The van der Waals surface area contributed by atoms with E-state index in [4.69, 9.17) is 9.47 Å². The second kappa shape index (κ2) is 11.0. The molecule has 9 nitrogen and oxygen atoms in total. The van der Waals surface area contributed by atoms with Gasteiger partial charge in [0, 0.05) is 47.8 Å². The molecule has 5 rings (SSSR count). The van der Waals surface area contributed by atoms with Crippen LogP contribution in [0.5, 0.6) is 0 Å². The van der Waals surface area contributed by atoms with Gasteiger partial charge in [-0.15, -0.1) is 0 Å². The van der Waals surface area contributed by atoms with E-state index in [2.05, 4.69) is 4.57 Å². The number of amides is 1. The molecule has 0 N–H and O–H groups in total. The molecular weight excluding hydrogens is 530 g/mol. The largest absolute Gasteiger partial charge is 0.462 e. The van der Waals surface area contributed by atoms with Crippen LogP contribution in [-0.2, 0) is 24.3 Å². The van der Waals surface area contributed by atoms with Crippen molar-refractivity contribution in [3.63, 3.8) is 0 Å². The summed E-state index contributed by atoms with van der Waals surface area (Å²) in [6.07, 6.45) is 1.84. The van der Waals surface area contributed by atoms with Crippen molar-refractivity contribution < 1.29 is 27.5 Å². The molecular formula is C30H33N3O6S. The van der Waals surface area contributed by atoms with Crippen LogP contribution in [0, 0.1) is 13.8 Å².